The minimum Gasteiger partial charge on any atom is -0.487 e. The first-order chi connectivity index (χ1) is 15.6. The second kappa shape index (κ2) is 9.61. The number of allylic oxidation sites excluding steroid dienone is 1. The summed E-state index contributed by atoms with van der Waals surface area (Å²) in [6.45, 7) is 4.38. The number of pyridine rings is 3. The number of aryl methyl sites for hydroxylation is 1. The quantitative estimate of drug-likeness (QED) is 0.357. The summed E-state index contributed by atoms with van der Waals surface area (Å²) in [5.41, 5.74) is -1.35. The molecule has 0 unspecified atom stereocenters. The molecular weight excluding hydrogens is 431 g/mol. The van der Waals surface area contributed by atoms with Crippen LogP contribution in [0.1, 0.15) is 26.1 Å². The Morgan fingerprint density at radius 1 is 1.19 bits per heavy atom. The van der Waals surface area contributed by atoms with Crippen molar-refractivity contribution in [1.29, 1.82) is 0 Å². The first-order valence-electron chi connectivity index (χ1n) is 9.93. The fraction of sp³-hybridized carbons (Fsp3) is 0.136. The number of nitrogens with zero attached hydrogens (tertiary/aromatic N) is 3. The molecule has 0 N–H and O–H groups in total. The van der Waals surface area contributed by atoms with E-state index in [1.54, 1.807) is 6.08 Å². The van der Waals surface area contributed by atoms with Gasteiger partial charge in [0, 0.05) is 35.7 Å². The molecule has 0 saturated heterocycles. The summed E-state index contributed by atoms with van der Waals surface area (Å²) in [6, 6.07) is 2.66. The van der Waals surface area contributed by atoms with Crippen LogP contribution in [0.4, 0.5) is 13.2 Å². The molecule has 0 aliphatic carbocycles. The van der Waals surface area contributed by atoms with Crippen molar-refractivity contribution in [2.75, 3.05) is 0 Å². The van der Waals surface area contributed by atoms with Crippen LogP contribution in [0.15, 0.2) is 54.6 Å². The average molecular weight is 450 g/mol. The van der Waals surface area contributed by atoms with Crippen LogP contribution in [0.2, 0.25) is 5.15 Å². The molecule has 3 heterocycles. The van der Waals surface area contributed by atoms with Gasteiger partial charge >= 0.3 is 0 Å². The van der Waals surface area contributed by atoms with Gasteiger partial charge in [0.2, 0.25) is 0 Å². The highest BCUT2D eigenvalue weighted by atomic mass is 35.5. The molecule has 0 aromatic carbocycles. The summed E-state index contributed by atoms with van der Waals surface area (Å²) in [4.78, 5) is 20.2. The zero-order valence-corrected chi connectivity index (χ0v) is 16.8. The van der Waals surface area contributed by atoms with Crippen LogP contribution in [-0.2, 0) is 13.0 Å². The second-order valence-corrected chi connectivity index (χ2v) is 6.60. The van der Waals surface area contributed by atoms with Crippen LogP contribution >= 0.6 is 11.6 Å². The standard InChI is InChI=1S/C22H17ClF3N3O2/c1-3-5-6-15-8-16(31-12-18-17(25)7-14(24)11-27-18)9-19(30)29(15)21-13(4-2)10-28-22(23)20(21)26/h3-4,7-11H,1-2,5-6,12H2/i12D2. The van der Waals surface area contributed by atoms with Crippen LogP contribution in [0.25, 0.3) is 11.8 Å². The molecule has 0 radical (unpaired) electrons. The Morgan fingerprint density at radius 2 is 1.97 bits per heavy atom. The summed E-state index contributed by atoms with van der Waals surface area (Å²) in [7, 11) is 0. The van der Waals surface area contributed by atoms with Gasteiger partial charge in [-0.05, 0) is 12.8 Å². The Morgan fingerprint density at radius 3 is 2.65 bits per heavy atom. The van der Waals surface area contributed by atoms with Crippen molar-refractivity contribution in [2.24, 2.45) is 0 Å². The molecule has 3 rings (SSSR count). The lowest BCUT2D eigenvalue weighted by atomic mass is 10.1. The fourth-order valence-corrected chi connectivity index (χ4v) is 2.93. The van der Waals surface area contributed by atoms with Crippen LogP contribution in [0.3, 0.4) is 0 Å². The van der Waals surface area contributed by atoms with Crippen molar-refractivity contribution in [2.45, 2.75) is 19.4 Å². The van der Waals surface area contributed by atoms with Crippen LogP contribution in [0.5, 0.6) is 5.75 Å². The molecule has 5 nitrogen and oxygen atoms in total. The minimum absolute atomic E-state index is 0.185. The van der Waals surface area contributed by atoms with Gasteiger partial charge < -0.3 is 4.74 Å². The van der Waals surface area contributed by atoms with Crippen molar-refractivity contribution >= 4 is 17.7 Å². The lowest BCUT2D eigenvalue weighted by Crippen LogP contribution is -2.24. The van der Waals surface area contributed by atoms with Crippen molar-refractivity contribution in [3.63, 3.8) is 0 Å². The van der Waals surface area contributed by atoms with Crippen molar-refractivity contribution in [1.82, 2.24) is 14.5 Å². The second-order valence-electron chi connectivity index (χ2n) is 6.24. The van der Waals surface area contributed by atoms with Gasteiger partial charge in [0.05, 0.1) is 14.6 Å². The zero-order valence-electron chi connectivity index (χ0n) is 18.0. The van der Waals surface area contributed by atoms with Gasteiger partial charge in [0.1, 0.15) is 23.8 Å². The van der Waals surface area contributed by atoms with E-state index >= 15 is 0 Å². The van der Waals surface area contributed by atoms with Gasteiger partial charge in [-0.25, -0.2) is 18.2 Å². The van der Waals surface area contributed by atoms with Gasteiger partial charge in [-0.1, -0.05) is 30.3 Å². The summed E-state index contributed by atoms with van der Waals surface area (Å²) in [6.07, 6.45) is 5.34. The van der Waals surface area contributed by atoms with Gasteiger partial charge in [-0.2, -0.15) is 0 Å². The van der Waals surface area contributed by atoms with Gasteiger partial charge in [-0.3, -0.25) is 14.3 Å². The predicted octanol–water partition coefficient (Wildman–Crippen LogP) is 5.04. The van der Waals surface area contributed by atoms with Gasteiger partial charge in [-0.15, -0.1) is 6.58 Å². The number of hydrogen-bond donors (Lipinski definition) is 0. The monoisotopic (exact) mass is 449 g/mol. The van der Waals surface area contributed by atoms with Crippen LogP contribution in [0, 0.1) is 17.5 Å². The molecule has 0 saturated carbocycles. The van der Waals surface area contributed by atoms with Crippen LogP contribution in [-0.4, -0.2) is 14.5 Å². The Bertz CT molecular complexity index is 1300. The number of hydrogen-bond acceptors (Lipinski definition) is 4. The molecule has 0 atom stereocenters. The molecule has 160 valence electrons. The highest BCUT2D eigenvalue weighted by Crippen LogP contribution is 2.26. The Balaban J connectivity index is 2.16. The van der Waals surface area contributed by atoms with E-state index in [1.807, 2.05) is 0 Å². The predicted molar refractivity (Wildman–Crippen MR) is 112 cm³/mol. The van der Waals surface area contributed by atoms with E-state index in [0.717, 1.165) is 10.6 Å². The van der Waals surface area contributed by atoms with Crippen molar-refractivity contribution in [3.8, 4) is 11.4 Å². The summed E-state index contributed by atoms with van der Waals surface area (Å²) in [5, 5.41) is -0.452. The summed E-state index contributed by atoms with van der Waals surface area (Å²) in [5.74, 6) is -3.47. The van der Waals surface area contributed by atoms with E-state index in [-0.39, 0.29) is 29.1 Å². The van der Waals surface area contributed by atoms with E-state index in [0.29, 0.717) is 18.7 Å². The number of aromatic nitrogens is 3. The Labute approximate surface area is 183 Å². The number of rotatable bonds is 8. The Kier molecular flexibility index (Phi) is 6.07. The molecule has 0 bridgehead atoms. The lowest BCUT2D eigenvalue weighted by Gasteiger charge is -2.17. The molecular formula is C22H17ClF3N3O2. The zero-order chi connectivity index (χ0) is 24.3. The SMILES string of the molecule is [2H]C([2H])(Oc1cc(CCC=C)n(-c2c(C=C)cnc(Cl)c2F)c(=O)c1)c1ncc(F)cc1F. The lowest BCUT2D eigenvalue weighted by molar-refractivity contribution is 0.292. The van der Waals surface area contributed by atoms with E-state index in [4.69, 9.17) is 19.1 Å². The van der Waals surface area contributed by atoms with Gasteiger partial charge in [0.25, 0.3) is 5.56 Å². The molecule has 31 heavy (non-hydrogen) atoms. The topological polar surface area (TPSA) is 57.0 Å². The summed E-state index contributed by atoms with van der Waals surface area (Å²) < 4.78 is 64.4. The largest absolute Gasteiger partial charge is 0.487 e. The van der Waals surface area contributed by atoms with Crippen LogP contribution < -0.4 is 10.3 Å². The smallest absolute Gasteiger partial charge is 0.259 e. The van der Waals surface area contributed by atoms with E-state index in [9.17, 15) is 18.0 Å². The maximum absolute atomic E-state index is 14.9. The van der Waals surface area contributed by atoms with E-state index < -0.39 is 40.4 Å². The molecule has 9 heteroatoms. The minimum atomic E-state index is -2.84. The highest BCUT2D eigenvalue weighted by Gasteiger charge is 2.19. The number of ether oxygens (including phenoxy) is 1. The molecule has 0 fully saturated rings. The molecule has 0 aliphatic rings. The van der Waals surface area contributed by atoms with Crippen molar-refractivity contribution < 1.29 is 20.6 Å². The molecule has 0 spiro atoms. The van der Waals surface area contributed by atoms with Gasteiger partial charge in [0.15, 0.2) is 16.8 Å². The summed E-state index contributed by atoms with van der Waals surface area (Å²) >= 11 is 5.82. The molecule has 0 amide bonds. The third kappa shape index (κ3) is 4.86. The molecule has 3 aromatic heterocycles. The van der Waals surface area contributed by atoms with E-state index in [2.05, 4.69) is 23.1 Å². The number of halogens is 4. The van der Waals surface area contributed by atoms with Crippen molar-refractivity contribution in [3.05, 3.63) is 99.7 Å². The first kappa shape index (κ1) is 19.6. The molecule has 3 aromatic rings. The van der Waals surface area contributed by atoms with E-state index in [1.165, 1.54) is 18.3 Å². The maximum atomic E-state index is 14.9. The maximum Gasteiger partial charge on any atom is 0.259 e. The Hall–Kier alpha value is -3.39. The molecule has 0 aliphatic heterocycles. The third-order valence-electron chi connectivity index (χ3n) is 4.18. The highest BCUT2D eigenvalue weighted by molar-refractivity contribution is 6.29. The first-order valence-corrected chi connectivity index (χ1v) is 9.31. The third-order valence-corrected chi connectivity index (χ3v) is 4.45. The average Bonchev–Trinajstić information content (AvgIpc) is 2.74. The fourth-order valence-electron chi connectivity index (χ4n) is 2.79. The normalized spacial score (nSPS) is 12.1.